The zero-order valence-corrected chi connectivity index (χ0v) is 14.0. The molecule has 0 bridgehead atoms. The lowest BCUT2D eigenvalue weighted by Gasteiger charge is -2.37. The predicted molar refractivity (Wildman–Crippen MR) is 82.8 cm³/mol. The highest BCUT2D eigenvalue weighted by atomic mass is 16.5. The van der Waals surface area contributed by atoms with Gasteiger partial charge in [-0.2, -0.15) is 0 Å². The standard InChI is InChI=1S/C16H32N2O2/c1-7-14(8-2)18(5)12(3)11-16(4,15(19)20-6)17-13-9-10-13/h12-14,17H,7-11H2,1-6H3. The average molecular weight is 284 g/mol. The van der Waals surface area contributed by atoms with Crippen LogP contribution in [0.1, 0.15) is 59.8 Å². The highest BCUT2D eigenvalue weighted by Crippen LogP contribution is 2.27. The minimum Gasteiger partial charge on any atom is -0.468 e. The summed E-state index contributed by atoms with van der Waals surface area (Å²) in [5, 5.41) is 3.48. The third-order valence-corrected chi connectivity index (χ3v) is 4.65. The number of carbonyl (C=O) groups is 1. The summed E-state index contributed by atoms with van der Waals surface area (Å²) in [6.45, 7) is 8.63. The lowest BCUT2D eigenvalue weighted by Crippen LogP contribution is -2.55. The van der Waals surface area contributed by atoms with Crippen molar-refractivity contribution in [1.29, 1.82) is 0 Å². The molecule has 1 aliphatic rings. The summed E-state index contributed by atoms with van der Waals surface area (Å²) in [4.78, 5) is 14.6. The Bertz CT molecular complexity index is 314. The molecule has 1 rings (SSSR count). The van der Waals surface area contributed by atoms with Gasteiger partial charge in [-0.05, 0) is 53.0 Å². The van der Waals surface area contributed by atoms with Crippen molar-refractivity contribution in [2.24, 2.45) is 0 Å². The van der Waals surface area contributed by atoms with E-state index in [-0.39, 0.29) is 5.97 Å². The molecule has 2 atom stereocenters. The Morgan fingerprint density at radius 3 is 2.35 bits per heavy atom. The van der Waals surface area contributed by atoms with Gasteiger partial charge in [-0.1, -0.05) is 13.8 Å². The molecule has 0 aliphatic heterocycles. The molecule has 118 valence electrons. The molecule has 0 amide bonds. The number of hydrogen-bond acceptors (Lipinski definition) is 4. The highest BCUT2D eigenvalue weighted by Gasteiger charge is 2.41. The molecule has 1 N–H and O–H groups in total. The molecule has 4 nitrogen and oxygen atoms in total. The number of hydrogen-bond donors (Lipinski definition) is 1. The number of esters is 1. The second kappa shape index (κ2) is 7.41. The van der Waals surface area contributed by atoms with Crippen LogP contribution in [0.3, 0.4) is 0 Å². The molecule has 0 saturated heterocycles. The second-order valence-electron chi connectivity index (χ2n) is 6.43. The first-order valence-corrected chi connectivity index (χ1v) is 7.96. The molecule has 1 fully saturated rings. The van der Waals surface area contributed by atoms with Crippen molar-refractivity contribution in [2.45, 2.75) is 83.5 Å². The monoisotopic (exact) mass is 284 g/mol. The summed E-state index contributed by atoms with van der Waals surface area (Å²) < 4.78 is 5.02. The smallest absolute Gasteiger partial charge is 0.325 e. The molecule has 0 aromatic heterocycles. The van der Waals surface area contributed by atoms with E-state index in [4.69, 9.17) is 4.74 Å². The van der Waals surface area contributed by atoms with E-state index in [1.807, 2.05) is 6.92 Å². The van der Waals surface area contributed by atoms with Gasteiger partial charge in [0, 0.05) is 18.1 Å². The van der Waals surface area contributed by atoms with Crippen molar-refractivity contribution in [2.75, 3.05) is 14.2 Å². The van der Waals surface area contributed by atoms with E-state index in [0.29, 0.717) is 18.1 Å². The lowest BCUT2D eigenvalue weighted by atomic mass is 9.91. The van der Waals surface area contributed by atoms with Crippen LogP contribution in [-0.2, 0) is 9.53 Å². The van der Waals surface area contributed by atoms with Crippen LogP contribution in [0.2, 0.25) is 0 Å². The molecule has 4 heteroatoms. The van der Waals surface area contributed by atoms with Crippen molar-refractivity contribution in [3.05, 3.63) is 0 Å². The van der Waals surface area contributed by atoms with Crippen molar-refractivity contribution in [3.8, 4) is 0 Å². The van der Waals surface area contributed by atoms with E-state index < -0.39 is 5.54 Å². The normalized spacial score (nSPS) is 20.0. The van der Waals surface area contributed by atoms with E-state index in [0.717, 1.165) is 19.3 Å². The van der Waals surface area contributed by atoms with Crippen molar-refractivity contribution in [3.63, 3.8) is 0 Å². The quantitative estimate of drug-likeness (QED) is 0.661. The van der Waals surface area contributed by atoms with Gasteiger partial charge in [0.25, 0.3) is 0 Å². The molecule has 0 radical (unpaired) electrons. The minimum absolute atomic E-state index is 0.144. The van der Waals surface area contributed by atoms with Gasteiger partial charge in [-0.15, -0.1) is 0 Å². The van der Waals surface area contributed by atoms with Crippen LogP contribution in [0.4, 0.5) is 0 Å². The number of nitrogens with zero attached hydrogens (tertiary/aromatic N) is 1. The third-order valence-electron chi connectivity index (χ3n) is 4.65. The fraction of sp³-hybridized carbons (Fsp3) is 0.938. The van der Waals surface area contributed by atoms with Crippen LogP contribution in [0.5, 0.6) is 0 Å². The summed E-state index contributed by atoms with van der Waals surface area (Å²) in [5.41, 5.74) is -0.574. The fourth-order valence-corrected chi connectivity index (χ4v) is 3.06. The summed E-state index contributed by atoms with van der Waals surface area (Å²) >= 11 is 0. The third kappa shape index (κ3) is 4.45. The van der Waals surface area contributed by atoms with E-state index in [1.54, 1.807) is 0 Å². The van der Waals surface area contributed by atoms with Crippen LogP contribution in [0, 0.1) is 0 Å². The van der Waals surface area contributed by atoms with Gasteiger partial charge in [-0.25, -0.2) is 0 Å². The first-order chi connectivity index (χ1) is 9.37. The maximum absolute atomic E-state index is 12.2. The Labute approximate surface area is 124 Å². The summed E-state index contributed by atoms with van der Waals surface area (Å²) in [7, 11) is 3.64. The number of carbonyl (C=O) groups excluding carboxylic acids is 1. The Hall–Kier alpha value is -0.610. The molecule has 0 aromatic rings. The Morgan fingerprint density at radius 2 is 1.95 bits per heavy atom. The van der Waals surface area contributed by atoms with E-state index in [2.05, 4.69) is 38.0 Å². The van der Waals surface area contributed by atoms with Crippen LogP contribution < -0.4 is 5.32 Å². The van der Waals surface area contributed by atoms with E-state index in [9.17, 15) is 4.79 Å². The first kappa shape index (κ1) is 17.4. The van der Waals surface area contributed by atoms with Crippen LogP contribution in [0.15, 0.2) is 0 Å². The number of nitrogens with one attached hydrogen (secondary N) is 1. The van der Waals surface area contributed by atoms with Gasteiger partial charge in [0.2, 0.25) is 0 Å². The Kier molecular flexibility index (Phi) is 6.46. The molecule has 0 heterocycles. The number of methoxy groups -OCH3 is 1. The first-order valence-electron chi connectivity index (χ1n) is 7.96. The lowest BCUT2D eigenvalue weighted by molar-refractivity contribution is -0.149. The van der Waals surface area contributed by atoms with Crippen LogP contribution >= 0.6 is 0 Å². The molecule has 2 unspecified atom stereocenters. The molecular formula is C16H32N2O2. The summed E-state index contributed by atoms with van der Waals surface area (Å²) in [5.74, 6) is -0.144. The second-order valence-corrected chi connectivity index (χ2v) is 6.43. The topological polar surface area (TPSA) is 41.6 Å². The molecule has 20 heavy (non-hydrogen) atoms. The van der Waals surface area contributed by atoms with E-state index in [1.165, 1.54) is 20.0 Å². The van der Waals surface area contributed by atoms with Crippen molar-refractivity contribution >= 4 is 5.97 Å². The number of ether oxygens (including phenoxy) is 1. The van der Waals surface area contributed by atoms with Gasteiger partial charge in [-0.3, -0.25) is 10.1 Å². The largest absolute Gasteiger partial charge is 0.468 e. The maximum Gasteiger partial charge on any atom is 0.325 e. The Balaban J connectivity index is 2.70. The van der Waals surface area contributed by atoms with Crippen LogP contribution in [0.25, 0.3) is 0 Å². The predicted octanol–water partition coefficient (Wildman–Crippen LogP) is 2.57. The number of rotatable bonds is 9. The fourth-order valence-electron chi connectivity index (χ4n) is 3.06. The molecule has 1 aliphatic carbocycles. The minimum atomic E-state index is -0.574. The van der Waals surface area contributed by atoms with Crippen molar-refractivity contribution in [1.82, 2.24) is 10.2 Å². The van der Waals surface area contributed by atoms with Gasteiger partial charge in [0.1, 0.15) is 5.54 Å². The summed E-state index contributed by atoms with van der Waals surface area (Å²) in [6.07, 6.45) is 5.40. The van der Waals surface area contributed by atoms with E-state index >= 15 is 0 Å². The average Bonchev–Trinajstić information content (AvgIpc) is 3.22. The highest BCUT2D eigenvalue weighted by molar-refractivity contribution is 5.80. The SMILES string of the molecule is CCC(CC)N(C)C(C)CC(C)(NC1CC1)C(=O)OC. The van der Waals surface area contributed by atoms with Gasteiger partial charge >= 0.3 is 5.97 Å². The Morgan fingerprint density at radius 1 is 1.40 bits per heavy atom. The molecule has 1 saturated carbocycles. The van der Waals surface area contributed by atoms with Gasteiger partial charge in [0.05, 0.1) is 7.11 Å². The molecule has 0 spiro atoms. The van der Waals surface area contributed by atoms with Gasteiger partial charge in [0.15, 0.2) is 0 Å². The van der Waals surface area contributed by atoms with Gasteiger partial charge < -0.3 is 9.64 Å². The maximum atomic E-state index is 12.2. The molecular weight excluding hydrogens is 252 g/mol. The molecule has 0 aromatic carbocycles. The summed E-state index contributed by atoms with van der Waals surface area (Å²) in [6, 6.07) is 1.41. The zero-order valence-electron chi connectivity index (χ0n) is 14.0. The zero-order chi connectivity index (χ0) is 15.3. The van der Waals surface area contributed by atoms with Crippen molar-refractivity contribution < 1.29 is 9.53 Å². The van der Waals surface area contributed by atoms with Crippen LogP contribution in [-0.4, -0.2) is 48.7 Å².